The number of nitrogens with zero attached hydrogens (tertiary/aromatic N) is 2. The van der Waals surface area contributed by atoms with Gasteiger partial charge in [-0.2, -0.15) is 0 Å². The summed E-state index contributed by atoms with van der Waals surface area (Å²) >= 11 is 3.71. The molecule has 0 amide bonds. The van der Waals surface area contributed by atoms with Gasteiger partial charge in [-0.1, -0.05) is 13.8 Å². The molecule has 2 aliphatic heterocycles. The van der Waals surface area contributed by atoms with Crippen molar-refractivity contribution < 1.29 is 4.74 Å². The fourth-order valence-corrected chi connectivity index (χ4v) is 4.63. The first-order valence-electron chi connectivity index (χ1n) is 6.88. The summed E-state index contributed by atoms with van der Waals surface area (Å²) in [5.41, 5.74) is 2.95. The molecular weight excluding hydrogens is 384 g/mol. The van der Waals surface area contributed by atoms with Crippen LogP contribution in [0.25, 0.3) is 0 Å². The number of methoxy groups -OCH3 is 1. The van der Waals surface area contributed by atoms with Crippen LogP contribution in [-0.2, 0) is 5.41 Å². The largest absolute Gasteiger partial charge is 0.497 e. The molecule has 3 rings (SSSR count). The number of ether oxygens (including phenoxy) is 1. The first-order chi connectivity index (χ1) is 9.02. The fraction of sp³-hybridized carbons (Fsp3) is 0.600. The maximum Gasteiger partial charge on any atom is 0.120 e. The topological polar surface area (TPSA) is 15.7 Å². The highest BCUT2D eigenvalue weighted by Crippen LogP contribution is 2.54. The molecule has 2 unspecified atom stereocenters. The lowest BCUT2D eigenvalue weighted by molar-refractivity contribution is 0.234. The smallest absolute Gasteiger partial charge is 0.120 e. The standard InChI is InChI=1S/C15H21BrN2O.BrH/c1-5-18-7-6-15(2)11-8-10(19-4)9-12(16)13(11)17(3)14(15)18;/h8-9,14H,5-7H2,1-4H3;1H. The summed E-state index contributed by atoms with van der Waals surface area (Å²) < 4.78 is 6.58. The molecule has 112 valence electrons. The zero-order valence-corrected chi connectivity index (χ0v) is 15.7. The Hall–Kier alpha value is -0.260. The maximum atomic E-state index is 5.44. The number of rotatable bonds is 2. The number of hydrogen-bond acceptors (Lipinski definition) is 3. The summed E-state index contributed by atoms with van der Waals surface area (Å²) in [5.74, 6) is 0.941. The third-order valence-corrected chi connectivity index (χ3v) is 5.45. The van der Waals surface area contributed by atoms with Crippen molar-refractivity contribution in [3.05, 3.63) is 22.2 Å². The van der Waals surface area contributed by atoms with Gasteiger partial charge in [0.1, 0.15) is 5.75 Å². The van der Waals surface area contributed by atoms with Crippen LogP contribution in [0.2, 0.25) is 0 Å². The lowest BCUT2D eigenvalue weighted by Crippen LogP contribution is -2.47. The van der Waals surface area contributed by atoms with E-state index in [2.05, 4.69) is 58.8 Å². The molecule has 3 nitrogen and oxygen atoms in total. The van der Waals surface area contributed by atoms with Crippen molar-refractivity contribution in [2.75, 3.05) is 32.1 Å². The Morgan fingerprint density at radius 2 is 2.15 bits per heavy atom. The van der Waals surface area contributed by atoms with E-state index in [0.29, 0.717) is 6.17 Å². The summed E-state index contributed by atoms with van der Waals surface area (Å²) in [7, 11) is 3.94. The Morgan fingerprint density at radius 3 is 2.75 bits per heavy atom. The molecule has 0 aliphatic carbocycles. The molecule has 0 radical (unpaired) electrons. The number of fused-ring (bicyclic) bond motifs is 3. The van der Waals surface area contributed by atoms with E-state index in [1.165, 1.54) is 24.2 Å². The van der Waals surface area contributed by atoms with Gasteiger partial charge in [0, 0.05) is 23.5 Å². The molecule has 2 heterocycles. The molecular formula is C15H22Br2N2O. The first-order valence-corrected chi connectivity index (χ1v) is 7.67. The van der Waals surface area contributed by atoms with Gasteiger partial charge in [-0.3, -0.25) is 4.90 Å². The van der Waals surface area contributed by atoms with E-state index in [9.17, 15) is 0 Å². The average molecular weight is 406 g/mol. The quantitative estimate of drug-likeness (QED) is 0.744. The van der Waals surface area contributed by atoms with E-state index in [1.54, 1.807) is 7.11 Å². The highest BCUT2D eigenvalue weighted by atomic mass is 79.9. The van der Waals surface area contributed by atoms with Gasteiger partial charge >= 0.3 is 0 Å². The van der Waals surface area contributed by atoms with Crippen LogP contribution >= 0.6 is 32.9 Å². The van der Waals surface area contributed by atoms with Crippen LogP contribution in [0.5, 0.6) is 5.75 Å². The molecule has 1 aromatic rings. The molecule has 0 aromatic heterocycles. The van der Waals surface area contributed by atoms with Crippen molar-refractivity contribution in [2.45, 2.75) is 31.8 Å². The fourth-order valence-electron chi connectivity index (χ4n) is 3.92. The highest BCUT2D eigenvalue weighted by molar-refractivity contribution is 9.10. The minimum Gasteiger partial charge on any atom is -0.497 e. The second kappa shape index (κ2) is 5.50. The SMILES string of the molecule is Br.CCN1CCC2(C)c3cc(OC)cc(Br)c3N(C)C12. The molecule has 2 atom stereocenters. The van der Waals surface area contributed by atoms with Crippen LogP contribution in [0, 0.1) is 0 Å². The van der Waals surface area contributed by atoms with Crippen molar-refractivity contribution in [3.63, 3.8) is 0 Å². The van der Waals surface area contributed by atoms with Gasteiger partial charge in [0.15, 0.2) is 0 Å². The number of benzene rings is 1. The minimum atomic E-state index is 0. The molecule has 1 fully saturated rings. The van der Waals surface area contributed by atoms with Crippen LogP contribution in [0.15, 0.2) is 16.6 Å². The number of halogens is 2. The van der Waals surface area contributed by atoms with Gasteiger partial charge in [0.25, 0.3) is 0 Å². The third-order valence-electron chi connectivity index (χ3n) is 4.85. The second-order valence-corrected chi connectivity index (χ2v) is 6.64. The van der Waals surface area contributed by atoms with E-state index < -0.39 is 0 Å². The van der Waals surface area contributed by atoms with Crippen molar-refractivity contribution in [3.8, 4) is 5.75 Å². The van der Waals surface area contributed by atoms with E-state index >= 15 is 0 Å². The number of likely N-dealkylation sites (N-methyl/N-ethyl adjacent to an activating group) is 2. The molecule has 5 heteroatoms. The van der Waals surface area contributed by atoms with Crippen molar-refractivity contribution >= 4 is 38.6 Å². The summed E-state index contributed by atoms with van der Waals surface area (Å²) in [6.07, 6.45) is 1.68. The van der Waals surface area contributed by atoms with Gasteiger partial charge in [-0.15, -0.1) is 17.0 Å². The van der Waals surface area contributed by atoms with E-state index in [4.69, 9.17) is 4.74 Å². The zero-order chi connectivity index (χ0) is 13.8. The van der Waals surface area contributed by atoms with Crippen molar-refractivity contribution in [1.82, 2.24) is 4.90 Å². The Bertz CT molecular complexity index is 523. The molecule has 0 saturated carbocycles. The van der Waals surface area contributed by atoms with Crippen LogP contribution < -0.4 is 9.64 Å². The maximum absolute atomic E-state index is 5.44. The van der Waals surface area contributed by atoms with Crippen LogP contribution in [0.4, 0.5) is 5.69 Å². The first kappa shape index (κ1) is 16.1. The highest BCUT2D eigenvalue weighted by Gasteiger charge is 2.53. The van der Waals surface area contributed by atoms with E-state index in [0.717, 1.165) is 16.8 Å². The summed E-state index contributed by atoms with van der Waals surface area (Å²) in [6.45, 7) is 6.92. The normalized spacial score (nSPS) is 28.1. The molecule has 1 aromatic carbocycles. The Balaban J connectivity index is 0.00000147. The minimum absolute atomic E-state index is 0. The second-order valence-electron chi connectivity index (χ2n) is 5.79. The van der Waals surface area contributed by atoms with Gasteiger partial charge in [-0.05, 0) is 46.6 Å². The van der Waals surface area contributed by atoms with Crippen LogP contribution in [0.3, 0.4) is 0 Å². The zero-order valence-electron chi connectivity index (χ0n) is 12.4. The molecule has 0 spiro atoms. The lowest BCUT2D eigenvalue weighted by atomic mass is 9.81. The molecule has 2 aliphatic rings. The Morgan fingerprint density at radius 1 is 1.45 bits per heavy atom. The monoisotopic (exact) mass is 404 g/mol. The predicted molar refractivity (Wildman–Crippen MR) is 92.4 cm³/mol. The van der Waals surface area contributed by atoms with Gasteiger partial charge in [-0.25, -0.2) is 0 Å². The molecule has 1 saturated heterocycles. The van der Waals surface area contributed by atoms with Gasteiger partial charge in [0.05, 0.1) is 19.0 Å². The summed E-state index contributed by atoms with van der Waals surface area (Å²) in [6, 6.07) is 4.28. The predicted octanol–water partition coefficient (Wildman–Crippen LogP) is 3.79. The summed E-state index contributed by atoms with van der Waals surface area (Å²) in [5, 5.41) is 0. The number of anilines is 1. The lowest BCUT2D eigenvalue weighted by Gasteiger charge is -2.34. The van der Waals surface area contributed by atoms with Crippen LogP contribution in [-0.4, -0.2) is 38.3 Å². The van der Waals surface area contributed by atoms with E-state index in [1.807, 2.05) is 0 Å². The van der Waals surface area contributed by atoms with Crippen molar-refractivity contribution in [2.24, 2.45) is 0 Å². The Labute approximate surface area is 140 Å². The Kier molecular flexibility index (Phi) is 4.43. The van der Waals surface area contributed by atoms with E-state index in [-0.39, 0.29) is 22.4 Å². The number of hydrogen-bond donors (Lipinski definition) is 0. The number of likely N-dealkylation sites (tertiary alicyclic amines) is 1. The van der Waals surface area contributed by atoms with Crippen molar-refractivity contribution in [1.29, 1.82) is 0 Å². The van der Waals surface area contributed by atoms with Gasteiger partial charge < -0.3 is 9.64 Å². The molecule has 0 bridgehead atoms. The average Bonchev–Trinajstić information content (AvgIpc) is 2.84. The third kappa shape index (κ3) is 2.01. The van der Waals surface area contributed by atoms with Crippen LogP contribution in [0.1, 0.15) is 25.8 Å². The van der Waals surface area contributed by atoms with Gasteiger partial charge in [0.2, 0.25) is 0 Å². The molecule has 20 heavy (non-hydrogen) atoms. The summed E-state index contributed by atoms with van der Waals surface area (Å²) in [4.78, 5) is 4.99. The molecule has 0 N–H and O–H groups in total.